The summed E-state index contributed by atoms with van der Waals surface area (Å²) >= 11 is 10.8. The molecule has 2 fully saturated rings. The molecule has 3 rings (SSSR count). The Morgan fingerprint density at radius 3 is 2.55 bits per heavy atom. The van der Waals surface area contributed by atoms with Crippen LogP contribution < -0.4 is 10.6 Å². The van der Waals surface area contributed by atoms with Gasteiger partial charge in [-0.25, -0.2) is 0 Å². The summed E-state index contributed by atoms with van der Waals surface area (Å²) in [5.74, 6) is 0.351. The molecule has 5 heteroatoms. The Labute approximate surface area is 130 Å². The number of likely N-dealkylation sites (tertiary alicyclic amines) is 1. The van der Waals surface area contributed by atoms with E-state index >= 15 is 0 Å². The van der Waals surface area contributed by atoms with Crippen LogP contribution in [0.3, 0.4) is 0 Å². The number of rotatable bonds is 1. The molecule has 2 aliphatic heterocycles. The second kappa shape index (κ2) is 5.06. The van der Waals surface area contributed by atoms with E-state index in [1.54, 1.807) is 0 Å². The van der Waals surface area contributed by atoms with Crippen molar-refractivity contribution in [2.24, 2.45) is 5.92 Å². The molecule has 0 saturated carbocycles. The van der Waals surface area contributed by atoms with Gasteiger partial charge in [0.2, 0.25) is 0 Å². The molecule has 1 aromatic rings. The smallest absolute Gasteiger partial charge is 0.172 e. The van der Waals surface area contributed by atoms with Crippen LogP contribution >= 0.6 is 24.4 Å². The number of hydrogen-bond acceptors (Lipinski definition) is 3. The van der Waals surface area contributed by atoms with Crippen molar-refractivity contribution < 1.29 is 0 Å². The van der Waals surface area contributed by atoms with Gasteiger partial charge < -0.3 is 10.6 Å². The van der Waals surface area contributed by atoms with Gasteiger partial charge in [0.05, 0.1) is 5.54 Å². The molecule has 0 aromatic heterocycles. The lowest BCUT2D eigenvalue weighted by molar-refractivity contribution is 0.0838. The second-order valence-electron chi connectivity index (χ2n) is 5.75. The molecule has 3 atom stereocenters. The first-order chi connectivity index (χ1) is 9.54. The third kappa shape index (κ3) is 2.05. The van der Waals surface area contributed by atoms with Crippen molar-refractivity contribution in [3.8, 4) is 0 Å². The van der Waals surface area contributed by atoms with Crippen LogP contribution in [-0.4, -0.2) is 34.1 Å². The molecule has 2 N–H and O–H groups in total. The lowest BCUT2D eigenvalue weighted by Crippen LogP contribution is -2.60. The van der Waals surface area contributed by atoms with E-state index in [1.807, 2.05) is 0 Å². The molecular formula is C15H19N3S2. The van der Waals surface area contributed by atoms with Crippen molar-refractivity contribution in [2.45, 2.75) is 24.9 Å². The van der Waals surface area contributed by atoms with Gasteiger partial charge in [0.15, 0.2) is 5.11 Å². The fourth-order valence-electron chi connectivity index (χ4n) is 3.57. The van der Waals surface area contributed by atoms with Crippen LogP contribution in [0.4, 0.5) is 0 Å². The van der Waals surface area contributed by atoms with Gasteiger partial charge in [-0.3, -0.25) is 4.90 Å². The molecule has 0 radical (unpaired) electrons. The molecule has 106 valence electrons. The molecule has 1 spiro atoms. The molecule has 0 unspecified atom stereocenters. The van der Waals surface area contributed by atoms with Crippen molar-refractivity contribution in [1.82, 2.24) is 15.5 Å². The average Bonchev–Trinajstić information content (AvgIpc) is 2.72. The monoisotopic (exact) mass is 305 g/mol. The number of hydrogen-bond donors (Lipinski definition) is 2. The Hall–Kier alpha value is -1.04. The highest BCUT2D eigenvalue weighted by molar-refractivity contribution is 7.82. The summed E-state index contributed by atoms with van der Waals surface area (Å²) < 4.78 is 0. The van der Waals surface area contributed by atoms with E-state index in [1.165, 1.54) is 5.56 Å². The summed E-state index contributed by atoms with van der Waals surface area (Å²) in [5, 5.41) is 7.23. The van der Waals surface area contributed by atoms with Crippen molar-refractivity contribution in [3.63, 3.8) is 0 Å². The maximum absolute atomic E-state index is 5.57. The zero-order valence-corrected chi connectivity index (χ0v) is 13.4. The Balaban J connectivity index is 1.99. The van der Waals surface area contributed by atoms with Gasteiger partial charge in [-0.15, -0.1) is 0 Å². The topological polar surface area (TPSA) is 27.3 Å². The maximum atomic E-state index is 5.57. The van der Waals surface area contributed by atoms with Gasteiger partial charge in [-0.2, -0.15) is 0 Å². The molecule has 1 aromatic carbocycles. The molecular weight excluding hydrogens is 286 g/mol. The van der Waals surface area contributed by atoms with E-state index in [4.69, 9.17) is 24.4 Å². The van der Waals surface area contributed by atoms with Crippen LogP contribution in [-0.2, 0) is 0 Å². The Morgan fingerprint density at radius 1 is 1.25 bits per heavy atom. The largest absolute Gasteiger partial charge is 0.350 e. The van der Waals surface area contributed by atoms with Crippen LogP contribution in [0.2, 0.25) is 0 Å². The molecule has 2 aliphatic rings. The second-order valence-corrected chi connectivity index (χ2v) is 6.57. The standard InChI is InChI=1S/C15H19N3S2/c1-10-12(11-6-4-3-5-7-11)18(2)9-8-15(10)13(19)16-14(20)17-15/h3-7,10,12H,8-9H2,1-2H3,(H2,16,17,19,20)/t10-,12-,15-/m0/s1. The van der Waals surface area contributed by atoms with Gasteiger partial charge in [0.25, 0.3) is 0 Å². The summed E-state index contributed by atoms with van der Waals surface area (Å²) in [6.07, 6.45) is 0.986. The fraction of sp³-hybridized carbons (Fsp3) is 0.467. The molecule has 0 aliphatic carbocycles. The van der Waals surface area contributed by atoms with Gasteiger partial charge in [0.1, 0.15) is 4.99 Å². The van der Waals surface area contributed by atoms with Crippen LogP contribution in [0.1, 0.15) is 24.9 Å². The van der Waals surface area contributed by atoms with Crippen LogP contribution in [0.25, 0.3) is 0 Å². The van der Waals surface area contributed by atoms with Gasteiger partial charge >= 0.3 is 0 Å². The zero-order valence-electron chi connectivity index (χ0n) is 11.7. The summed E-state index contributed by atoms with van der Waals surface area (Å²) in [7, 11) is 2.19. The highest BCUT2D eigenvalue weighted by Crippen LogP contribution is 2.42. The van der Waals surface area contributed by atoms with E-state index < -0.39 is 0 Å². The SMILES string of the molecule is C[C@H]1[C@@H](c2ccccc2)N(C)CC[C@]12NC(=S)NC2=S. The highest BCUT2D eigenvalue weighted by atomic mass is 32.1. The number of nitrogens with one attached hydrogen (secondary N) is 2. The van der Waals surface area contributed by atoms with E-state index in [0.29, 0.717) is 17.1 Å². The summed E-state index contributed by atoms with van der Waals surface area (Å²) in [6, 6.07) is 11.0. The van der Waals surface area contributed by atoms with Crippen molar-refractivity contribution >= 4 is 34.5 Å². The summed E-state index contributed by atoms with van der Waals surface area (Å²) in [6.45, 7) is 3.27. The Morgan fingerprint density at radius 2 is 1.95 bits per heavy atom. The first-order valence-electron chi connectivity index (χ1n) is 6.93. The first-order valence-corrected chi connectivity index (χ1v) is 7.75. The molecule has 3 nitrogen and oxygen atoms in total. The Kier molecular flexibility index (Phi) is 3.52. The number of nitrogens with zero attached hydrogens (tertiary/aromatic N) is 1. The van der Waals surface area contributed by atoms with Crippen molar-refractivity contribution in [1.29, 1.82) is 0 Å². The predicted octanol–water partition coefficient (Wildman–Crippen LogP) is 2.24. The quantitative estimate of drug-likeness (QED) is 0.776. The molecule has 0 amide bonds. The van der Waals surface area contributed by atoms with Gasteiger partial charge in [-0.1, -0.05) is 49.5 Å². The maximum Gasteiger partial charge on any atom is 0.172 e. The minimum Gasteiger partial charge on any atom is -0.350 e. The van der Waals surface area contributed by atoms with Gasteiger partial charge in [-0.05, 0) is 31.2 Å². The third-order valence-electron chi connectivity index (χ3n) is 4.69. The average molecular weight is 305 g/mol. The van der Waals surface area contributed by atoms with Gasteiger partial charge in [0, 0.05) is 18.5 Å². The van der Waals surface area contributed by atoms with Crippen LogP contribution in [0.15, 0.2) is 30.3 Å². The molecule has 20 heavy (non-hydrogen) atoms. The van der Waals surface area contributed by atoms with E-state index in [-0.39, 0.29) is 5.54 Å². The van der Waals surface area contributed by atoms with Crippen LogP contribution in [0, 0.1) is 5.92 Å². The first kappa shape index (κ1) is 13.9. The van der Waals surface area contributed by atoms with E-state index in [2.05, 4.69) is 59.8 Å². The lowest BCUT2D eigenvalue weighted by atomic mass is 9.72. The predicted molar refractivity (Wildman–Crippen MR) is 89.8 cm³/mol. The normalized spacial score (nSPS) is 34.1. The third-order valence-corrected chi connectivity index (χ3v) is 5.37. The Bertz CT molecular complexity index is 545. The van der Waals surface area contributed by atoms with Crippen LogP contribution in [0.5, 0.6) is 0 Å². The summed E-state index contributed by atoms with van der Waals surface area (Å²) in [4.78, 5) is 3.26. The minimum atomic E-state index is -0.195. The molecule has 0 bridgehead atoms. The van der Waals surface area contributed by atoms with E-state index in [9.17, 15) is 0 Å². The van der Waals surface area contributed by atoms with Crippen molar-refractivity contribution in [2.75, 3.05) is 13.6 Å². The minimum absolute atomic E-state index is 0.195. The van der Waals surface area contributed by atoms with E-state index in [0.717, 1.165) is 18.0 Å². The number of benzene rings is 1. The molecule has 2 heterocycles. The zero-order chi connectivity index (χ0) is 14.3. The van der Waals surface area contributed by atoms with Crippen molar-refractivity contribution in [3.05, 3.63) is 35.9 Å². The lowest BCUT2D eigenvalue weighted by Gasteiger charge is -2.48. The number of thiocarbonyl (C=S) groups is 2. The number of piperidine rings is 1. The fourth-order valence-corrected chi connectivity index (χ4v) is 4.36. The summed E-state index contributed by atoms with van der Waals surface area (Å²) in [5.41, 5.74) is 1.14. The molecule has 2 saturated heterocycles. The highest BCUT2D eigenvalue weighted by Gasteiger charge is 2.52.